The lowest BCUT2D eigenvalue weighted by molar-refractivity contribution is -0.121. The smallest absolute Gasteiger partial charge is 0.224 e. The second-order valence-electron chi connectivity index (χ2n) is 4.24. The van der Waals surface area contributed by atoms with Crippen molar-refractivity contribution in [2.75, 3.05) is 13.2 Å². The Hall–Kier alpha value is -1.10. The van der Waals surface area contributed by atoms with Crippen LogP contribution in [0.1, 0.15) is 12.5 Å². The van der Waals surface area contributed by atoms with Crippen LogP contribution in [0.15, 0.2) is 24.3 Å². The summed E-state index contributed by atoms with van der Waals surface area (Å²) in [6.45, 7) is 1.08. The Morgan fingerprint density at radius 1 is 1.41 bits per heavy atom. The molecule has 0 heterocycles. The van der Waals surface area contributed by atoms with Crippen molar-refractivity contribution in [3.8, 4) is 0 Å². The summed E-state index contributed by atoms with van der Waals surface area (Å²) in [6.07, 6.45) is 0.221. The van der Waals surface area contributed by atoms with Gasteiger partial charge in [-0.1, -0.05) is 23.7 Å². The van der Waals surface area contributed by atoms with Crippen LogP contribution in [0.4, 0.5) is 0 Å². The molecule has 0 saturated carbocycles. The largest absolute Gasteiger partial charge is 0.393 e. The third-order valence-electron chi connectivity index (χ3n) is 2.28. The summed E-state index contributed by atoms with van der Waals surface area (Å²) in [5.74, 6) is -0.207. The number of aliphatic hydroxyl groups excluding tert-OH is 1. The predicted octanol–water partition coefficient (Wildman–Crippen LogP) is 0.742. The molecule has 1 amide bonds. The first kappa shape index (κ1) is 14.0. The van der Waals surface area contributed by atoms with Gasteiger partial charge in [0.05, 0.1) is 13.0 Å². The molecule has 94 valence electrons. The van der Waals surface area contributed by atoms with Crippen molar-refractivity contribution in [1.29, 1.82) is 0 Å². The average molecular weight is 258 g/mol. The Morgan fingerprint density at radius 2 is 2.00 bits per heavy atom. The van der Waals surface area contributed by atoms with Gasteiger partial charge in [-0.05, 0) is 24.6 Å². The lowest BCUT2D eigenvalue weighted by Crippen LogP contribution is -2.43. The molecule has 0 aliphatic heterocycles. The summed E-state index contributed by atoms with van der Waals surface area (Å²) >= 11 is 5.73. The number of nitrogens with one attached hydrogen (secondary N) is 1. The van der Waals surface area contributed by atoms with E-state index in [-0.39, 0.29) is 18.9 Å². The number of carbonyl (C=O) groups excluding carboxylic acids is 1. The van der Waals surface area contributed by atoms with Crippen molar-refractivity contribution in [2.24, 2.45) is 0 Å². The number of halogens is 1. The van der Waals surface area contributed by atoms with Gasteiger partial charge in [0, 0.05) is 11.6 Å². The van der Waals surface area contributed by atoms with Gasteiger partial charge in [0.1, 0.15) is 5.60 Å². The molecule has 0 spiro atoms. The molecule has 5 heteroatoms. The Bertz CT molecular complexity index is 376. The fourth-order valence-corrected chi connectivity index (χ4v) is 1.32. The molecule has 0 aromatic heterocycles. The topological polar surface area (TPSA) is 69.6 Å². The van der Waals surface area contributed by atoms with Gasteiger partial charge < -0.3 is 15.5 Å². The van der Waals surface area contributed by atoms with Crippen molar-refractivity contribution in [1.82, 2.24) is 5.32 Å². The average Bonchev–Trinajstić information content (AvgIpc) is 2.30. The zero-order valence-electron chi connectivity index (χ0n) is 9.61. The SMILES string of the molecule is CC(O)(CO)CNC(=O)Cc1ccc(Cl)cc1. The van der Waals surface area contributed by atoms with Crippen LogP contribution in [0, 0.1) is 0 Å². The van der Waals surface area contributed by atoms with Crippen molar-refractivity contribution < 1.29 is 15.0 Å². The minimum Gasteiger partial charge on any atom is -0.393 e. The van der Waals surface area contributed by atoms with E-state index >= 15 is 0 Å². The van der Waals surface area contributed by atoms with Gasteiger partial charge in [-0.15, -0.1) is 0 Å². The van der Waals surface area contributed by atoms with Crippen molar-refractivity contribution in [2.45, 2.75) is 18.9 Å². The lowest BCUT2D eigenvalue weighted by Gasteiger charge is -2.20. The van der Waals surface area contributed by atoms with Crippen molar-refractivity contribution in [3.05, 3.63) is 34.9 Å². The fourth-order valence-electron chi connectivity index (χ4n) is 1.20. The minimum absolute atomic E-state index is 0.0237. The summed E-state index contributed by atoms with van der Waals surface area (Å²) in [5, 5.41) is 21.5. The van der Waals surface area contributed by atoms with Gasteiger partial charge in [0.25, 0.3) is 0 Å². The maximum absolute atomic E-state index is 11.5. The highest BCUT2D eigenvalue weighted by molar-refractivity contribution is 6.30. The fraction of sp³-hybridized carbons (Fsp3) is 0.417. The molecule has 17 heavy (non-hydrogen) atoms. The number of hydrogen-bond donors (Lipinski definition) is 3. The first-order valence-corrected chi connectivity index (χ1v) is 5.65. The highest BCUT2D eigenvalue weighted by Gasteiger charge is 2.19. The zero-order chi connectivity index (χ0) is 12.9. The zero-order valence-corrected chi connectivity index (χ0v) is 10.4. The molecule has 0 radical (unpaired) electrons. The second kappa shape index (κ2) is 6.00. The summed E-state index contributed by atoms with van der Waals surface area (Å²) in [5.41, 5.74) is -0.439. The normalized spacial score (nSPS) is 14.1. The molecule has 1 aromatic rings. The molecule has 1 unspecified atom stereocenters. The summed E-state index contributed by atoms with van der Waals surface area (Å²) < 4.78 is 0. The second-order valence-corrected chi connectivity index (χ2v) is 4.67. The number of carbonyl (C=O) groups is 1. The molecule has 1 aromatic carbocycles. The van der Waals surface area contributed by atoms with E-state index < -0.39 is 12.2 Å². The van der Waals surface area contributed by atoms with Crippen LogP contribution in [-0.4, -0.2) is 34.9 Å². The predicted molar refractivity (Wildman–Crippen MR) is 65.9 cm³/mol. The van der Waals surface area contributed by atoms with Crippen LogP contribution in [0.3, 0.4) is 0 Å². The summed E-state index contributed by atoms with van der Waals surface area (Å²) in [6, 6.07) is 6.97. The quantitative estimate of drug-likeness (QED) is 0.729. The van der Waals surface area contributed by atoms with Gasteiger partial charge >= 0.3 is 0 Å². The highest BCUT2D eigenvalue weighted by Crippen LogP contribution is 2.09. The van der Waals surface area contributed by atoms with Crippen LogP contribution in [0.5, 0.6) is 0 Å². The van der Waals surface area contributed by atoms with Gasteiger partial charge in [0.2, 0.25) is 5.91 Å². The van der Waals surface area contributed by atoms with Crippen LogP contribution in [0.2, 0.25) is 5.02 Å². The maximum Gasteiger partial charge on any atom is 0.224 e. The number of hydrogen-bond acceptors (Lipinski definition) is 3. The molecular weight excluding hydrogens is 242 g/mol. The van der Waals surface area contributed by atoms with Gasteiger partial charge in [-0.25, -0.2) is 0 Å². The van der Waals surface area contributed by atoms with Crippen LogP contribution in [0.25, 0.3) is 0 Å². The standard InChI is InChI=1S/C12H16ClNO3/c1-12(17,8-15)7-14-11(16)6-9-2-4-10(13)5-3-9/h2-5,15,17H,6-8H2,1H3,(H,14,16). The molecular formula is C12H16ClNO3. The van der Waals surface area contributed by atoms with Crippen LogP contribution >= 0.6 is 11.6 Å². The van der Waals surface area contributed by atoms with Gasteiger partial charge in [-0.2, -0.15) is 0 Å². The molecule has 0 aliphatic carbocycles. The third kappa shape index (κ3) is 5.17. The Labute approximate surface area is 105 Å². The molecule has 3 N–H and O–H groups in total. The van der Waals surface area contributed by atoms with E-state index in [2.05, 4.69) is 5.32 Å². The summed E-state index contributed by atoms with van der Waals surface area (Å²) in [7, 11) is 0. The van der Waals surface area contributed by atoms with Crippen LogP contribution < -0.4 is 5.32 Å². The number of amides is 1. The van der Waals surface area contributed by atoms with Crippen molar-refractivity contribution >= 4 is 17.5 Å². The van der Waals surface area contributed by atoms with E-state index in [1.165, 1.54) is 6.92 Å². The van der Waals surface area contributed by atoms with Gasteiger partial charge in [-0.3, -0.25) is 4.79 Å². The molecule has 4 nitrogen and oxygen atoms in total. The first-order valence-electron chi connectivity index (χ1n) is 5.27. The van der Waals surface area contributed by atoms with E-state index in [1.807, 2.05) is 0 Å². The minimum atomic E-state index is -1.28. The van der Waals surface area contributed by atoms with Crippen LogP contribution in [-0.2, 0) is 11.2 Å². The number of benzene rings is 1. The summed E-state index contributed by atoms with van der Waals surface area (Å²) in [4.78, 5) is 11.5. The number of rotatable bonds is 5. The lowest BCUT2D eigenvalue weighted by atomic mass is 10.1. The highest BCUT2D eigenvalue weighted by atomic mass is 35.5. The number of aliphatic hydroxyl groups is 2. The molecule has 0 bridgehead atoms. The van der Waals surface area contributed by atoms with E-state index in [0.29, 0.717) is 5.02 Å². The van der Waals surface area contributed by atoms with E-state index in [1.54, 1.807) is 24.3 Å². The maximum atomic E-state index is 11.5. The monoisotopic (exact) mass is 257 g/mol. The first-order chi connectivity index (χ1) is 7.93. The Morgan fingerprint density at radius 3 is 2.53 bits per heavy atom. The molecule has 0 aliphatic rings. The Balaban J connectivity index is 2.42. The molecule has 0 saturated heterocycles. The molecule has 0 fully saturated rings. The van der Waals surface area contributed by atoms with E-state index in [9.17, 15) is 9.90 Å². The molecule has 1 rings (SSSR count). The van der Waals surface area contributed by atoms with E-state index in [0.717, 1.165) is 5.56 Å². The van der Waals surface area contributed by atoms with E-state index in [4.69, 9.17) is 16.7 Å². The third-order valence-corrected chi connectivity index (χ3v) is 2.54. The van der Waals surface area contributed by atoms with Gasteiger partial charge in [0.15, 0.2) is 0 Å². The molecule has 1 atom stereocenters. The Kier molecular flexibility index (Phi) is 4.93. The van der Waals surface area contributed by atoms with Crippen molar-refractivity contribution in [3.63, 3.8) is 0 Å².